The van der Waals surface area contributed by atoms with Gasteiger partial charge in [0.1, 0.15) is 18.1 Å². The molecule has 0 spiro atoms. The van der Waals surface area contributed by atoms with E-state index in [1.807, 2.05) is 0 Å². The number of amides is 1. The van der Waals surface area contributed by atoms with Crippen molar-refractivity contribution >= 4 is 5.91 Å². The molecule has 3 heterocycles. The number of hydrogen-bond acceptors (Lipinski definition) is 6. The van der Waals surface area contributed by atoms with Crippen LogP contribution in [0.25, 0.3) is 22.7 Å². The number of rotatable bonds is 7. The Morgan fingerprint density at radius 3 is 2.72 bits per heavy atom. The van der Waals surface area contributed by atoms with Gasteiger partial charge in [0.05, 0.1) is 18.5 Å². The van der Waals surface area contributed by atoms with Crippen molar-refractivity contribution in [2.45, 2.75) is 0 Å². The van der Waals surface area contributed by atoms with Gasteiger partial charge in [0.15, 0.2) is 11.5 Å². The fourth-order valence-electron chi connectivity index (χ4n) is 2.58. The van der Waals surface area contributed by atoms with Crippen LogP contribution in [0.4, 0.5) is 4.39 Å². The largest absolute Gasteiger partial charge is 0.475 e. The Labute approximate surface area is 164 Å². The Kier molecular flexibility index (Phi) is 5.28. The highest BCUT2D eigenvalue weighted by molar-refractivity contribution is 5.93. The maximum atomic E-state index is 13.0. The van der Waals surface area contributed by atoms with Gasteiger partial charge in [-0.1, -0.05) is 0 Å². The van der Waals surface area contributed by atoms with Crippen LogP contribution in [-0.2, 0) is 0 Å². The average molecular weight is 393 g/mol. The van der Waals surface area contributed by atoms with Crippen LogP contribution < -0.4 is 10.1 Å². The standard InChI is InChI=1S/C20H16FN5O3/c21-14-5-3-13(4-6-14)15-7-8-19(26-23-15)29-11-9-22-20(27)17-12-16(24-25-17)18-2-1-10-28-18/h1-8,10,12H,9,11H2,(H,22,27)(H,24,25). The van der Waals surface area contributed by atoms with Crippen molar-refractivity contribution in [2.24, 2.45) is 0 Å². The number of carbonyl (C=O) groups excluding carboxylic acids is 1. The summed E-state index contributed by atoms with van der Waals surface area (Å²) in [6, 6.07) is 14.5. The van der Waals surface area contributed by atoms with Crippen molar-refractivity contribution in [1.82, 2.24) is 25.7 Å². The quantitative estimate of drug-likeness (QED) is 0.468. The number of furan rings is 1. The van der Waals surface area contributed by atoms with Crippen LogP contribution in [0.5, 0.6) is 5.88 Å². The molecule has 146 valence electrons. The highest BCUT2D eigenvalue weighted by Crippen LogP contribution is 2.19. The SMILES string of the molecule is O=C(NCCOc1ccc(-c2ccc(F)cc2)nn1)c1cc(-c2ccco2)[nH]n1. The van der Waals surface area contributed by atoms with Crippen molar-refractivity contribution < 1.29 is 18.3 Å². The van der Waals surface area contributed by atoms with E-state index in [2.05, 4.69) is 25.7 Å². The molecule has 4 rings (SSSR count). The van der Waals surface area contributed by atoms with Crippen molar-refractivity contribution in [1.29, 1.82) is 0 Å². The summed E-state index contributed by atoms with van der Waals surface area (Å²) in [5.41, 5.74) is 2.23. The molecule has 4 aromatic rings. The van der Waals surface area contributed by atoms with Crippen molar-refractivity contribution in [2.75, 3.05) is 13.2 Å². The fourth-order valence-corrected chi connectivity index (χ4v) is 2.58. The van der Waals surface area contributed by atoms with Crippen LogP contribution in [0.15, 0.2) is 65.3 Å². The Bertz CT molecular complexity index is 1080. The summed E-state index contributed by atoms with van der Waals surface area (Å²) in [6.07, 6.45) is 1.54. The summed E-state index contributed by atoms with van der Waals surface area (Å²) in [4.78, 5) is 12.1. The Morgan fingerprint density at radius 2 is 2.00 bits per heavy atom. The maximum absolute atomic E-state index is 13.0. The van der Waals surface area contributed by atoms with E-state index in [-0.39, 0.29) is 30.6 Å². The van der Waals surface area contributed by atoms with Gasteiger partial charge in [0.2, 0.25) is 5.88 Å². The van der Waals surface area contributed by atoms with Crippen LogP contribution in [-0.4, -0.2) is 39.5 Å². The molecule has 3 aromatic heterocycles. The molecule has 0 saturated heterocycles. The molecule has 0 atom stereocenters. The van der Waals surface area contributed by atoms with E-state index in [1.54, 1.807) is 48.7 Å². The summed E-state index contributed by atoms with van der Waals surface area (Å²) in [7, 11) is 0. The molecule has 1 aromatic carbocycles. The smallest absolute Gasteiger partial charge is 0.271 e. The molecule has 8 nitrogen and oxygen atoms in total. The number of aromatic amines is 1. The van der Waals surface area contributed by atoms with E-state index in [9.17, 15) is 9.18 Å². The second kappa shape index (κ2) is 8.34. The lowest BCUT2D eigenvalue weighted by Crippen LogP contribution is -2.28. The molecule has 2 N–H and O–H groups in total. The number of H-pyrrole nitrogens is 1. The third-order valence-electron chi connectivity index (χ3n) is 4.01. The second-order valence-corrected chi connectivity index (χ2v) is 6.01. The lowest BCUT2D eigenvalue weighted by Gasteiger charge is -2.06. The highest BCUT2D eigenvalue weighted by Gasteiger charge is 2.12. The zero-order chi connectivity index (χ0) is 20.1. The minimum Gasteiger partial charge on any atom is -0.475 e. The normalized spacial score (nSPS) is 10.7. The third-order valence-corrected chi connectivity index (χ3v) is 4.01. The van der Waals surface area contributed by atoms with E-state index in [4.69, 9.17) is 9.15 Å². The molecule has 0 aliphatic carbocycles. The zero-order valence-corrected chi connectivity index (χ0v) is 15.1. The summed E-state index contributed by atoms with van der Waals surface area (Å²) >= 11 is 0. The van der Waals surface area contributed by atoms with Crippen molar-refractivity contribution in [3.63, 3.8) is 0 Å². The van der Waals surface area contributed by atoms with Gasteiger partial charge in [-0.05, 0) is 42.5 Å². The topological polar surface area (TPSA) is 106 Å². The predicted molar refractivity (Wildman–Crippen MR) is 102 cm³/mol. The van der Waals surface area contributed by atoms with Gasteiger partial charge in [-0.3, -0.25) is 9.89 Å². The first-order valence-electron chi connectivity index (χ1n) is 8.79. The minimum atomic E-state index is -0.333. The Balaban J connectivity index is 1.25. The lowest BCUT2D eigenvalue weighted by atomic mass is 10.1. The monoisotopic (exact) mass is 393 g/mol. The first-order chi connectivity index (χ1) is 14.2. The van der Waals surface area contributed by atoms with E-state index in [0.29, 0.717) is 23.0 Å². The number of benzene rings is 1. The molecule has 1 amide bonds. The van der Waals surface area contributed by atoms with Crippen LogP contribution in [0.1, 0.15) is 10.5 Å². The molecule has 0 unspecified atom stereocenters. The molecule has 0 radical (unpaired) electrons. The molecule has 0 aliphatic rings. The van der Waals surface area contributed by atoms with Crippen LogP contribution in [0.2, 0.25) is 0 Å². The fraction of sp³-hybridized carbons (Fsp3) is 0.100. The maximum Gasteiger partial charge on any atom is 0.271 e. The Morgan fingerprint density at radius 1 is 1.14 bits per heavy atom. The van der Waals surface area contributed by atoms with Crippen LogP contribution in [0, 0.1) is 5.82 Å². The van der Waals surface area contributed by atoms with E-state index < -0.39 is 0 Å². The third kappa shape index (κ3) is 4.46. The molecule has 29 heavy (non-hydrogen) atoms. The number of nitrogens with zero attached hydrogens (tertiary/aromatic N) is 3. The van der Waals surface area contributed by atoms with Gasteiger partial charge >= 0.3 is 0 Å². The van der Waals surface area contributed by atoms with E-state index >= 15 is 0 Å². The number of ether oxygens (including phenoxy) is 1. The molecule has 0 bridgehead atoms. The van der Waals surface area contributed by atoms with Gasteiger partial charge in [-0.2, -0.15) is 5.10 Å². The molecule has 0 saturated carbocycles. The molecule has 0 fully saturated rings. The predicted octanol–water partition coefficient (Wildman–Crippen LogP) is 3.07. The average Bonchev–Trinajstić information content (AvgIpc) is 3.44. The summed E-state index contributed by atoms with van der Waals surface area (Å²) in [6.45, 7) is 0.481. The first kappa shape index (κ1) is 18.4. The zero-order valence-electron chi connectivity index (χ0n) is 15.1. The van der Waals surface area contributed by atoms with E-state index in [1.165, 1.54) is 12.1 Å². The number of halogens is 1. The summed E-state index contributed by atoms with van der Waals surface area (Å²) in [5.74, 6) is 0.281. The lowest BCUT2D eigenvalue weighted by molar-refractivity contribution is 0.0941. The molecular weight excluding hydrogens is 377 g/mol. The minimum absolute atomic E-state index is 0.214. The van der Waals surface area contributed by atoms with Crippen molar-refractivity contribution in [3.05, 3.63) is 72.4 Å². The second-order valence-electron chi connectivity index (χ2n) is 6.01. The highest BCUT2D eigenvalue weighted by atomic mass is 19.1. The number of hydrogen-bond donors (Lipinski definition) is 2. The Hall–Kier alpha value is -4.01. The van der Waals surface area contributed by atoms with Gasteiger partial charge in [-0.25, -0.2) is 4.39 Å². The summed E-state index contributed by atoms with van der Waals surface area (Å²) in [5, 5.41) is 17.5. The van der Waals surface area contributed by atoms with E-state index in [0.717, 1.165) is 5.56 Å². The number of carbonyl (C=O) groups is 1. The van der Waals surface area contributed by atoms with Crippen molar-refractivity contribution in [3.8, 4) is 28.6 Å². The van der Waals surface area contributed by atoms with Gasteiger partial charge in [-0.15, -0.1) is 10.2 Å². The molecule has 9 heteroatoms. The number of aromatic nitrogens is 4. The molecular formula is C20H16FN5O3. The van der Waals surface area contributed by atoms with Gasteiger partial charge < -0.3 is 14.5 Å². The number of nitrogens with one attached hydrogen (secondary N) is 2. The summed E-state index contributed by atoms with van der Waals surface area (Å²) < 4.78 is 23.7. The van der Waals surface area contributed by atoms with Crippen LogP contribution in [0.3, 0.4) is 0 Å². The first-order valence-corrected chi connectivity index (χ1v) is 8.79. The van der Waals surface area contributed by atoms with Gasteiger partial charge in [0, 0.05) is 17.7 Å². The van der Waals surface area contributed by atoms with Crippen LogP contribution >= 0.6 is 0 Å². The molecule has 0 aliphatic heterocycles. The van der Waals surface area contributed by atoms with Gasteiger partial charge in [0.25, 0.3) is 5.91 Å².